The zero-order valence-electron chi connectivity index (χ0n) is 10.6. The zero-order valence-corrected chi connectivity index (χ0v) is 10.6. The van der Waals surface area contributed by atoms with Crippen LogP contribution >= 0.6 is 0 Å². The molecule has 4 N–H and O–H groups in total. The van der Waals surface area contributed by atoms with Crippen molar-refractivity contribution in [3.63, 3.8) is 0 Å². The number of anilines is 3. The lowest BCUT2D eigenvalue weighted by molar-refractivity contribution is 0.190. The van der Waals surface area contributed by atoms with E-state index in [0.717, 1.165) is 0 Å². The van der Waals surface area contributed by atoms with Crippen molar-refractivity contribution in [2.75, 3.05) is 43.5 Å². The fraction of sp³-hybridized carbons (Fsp3) is 0.667. The number of hydrogen-bond acceptors (Lipinski definition) is 8. The van der Waals surface area contributed by atoms with Crippen LogP contribution in [0.25, 0.3) is 0 Å². The SMILES string of the molecule is COCC(C)Nc1nc(NN)nc(N(C)C)n1. The Morgan fingerprint density at radius 1 is 1.29 bits per heavy atom. The van der Waals surface area contributed by atoms with Crippen molar-refractivity contribution < 1.29 is 4.74 Å². The molecule has 8 nitrogen and oxygen atoms in total. The fourth-order valence-electron chi connectivity index (χ4n) is 1.21. The van der Waals surface area contributed by atoms with Gasteiger partial charge in [0.05, 0.1) is 6.61 Å². The molecule has 0 spiro atoms. The van der Waals surface area contributed by atoms with Gasteiger partial charge in [0, 0.05) is 27.2 Å². The van der Waals surface area contributed by atoms with Gasteiger partial charge in [-0.3, -0.25) is 5.43 Å². The number of nitrogens with two attached hydrogens (primary N) is 1. The second kappa shape index (κ2) is 6.16. The average Bonchev–Trinajstić information content (AvgIpc) is 2.28. The minimum Gasteiger partial charge on any atom is -0.383 e. The highest BCUT2D eigenvalue weighted by Gasteiger charge is 2.09. The predicted molar refractivity (Wildman–Crippen MR) is 66.9 cm³/mol. The van der Waals surface area contributed by atoms with Gasteiger partial charge < -0.3 is 15.0 Å². The van der Waals surface area contributed by atoms with Gasteiger partial charge in [-0.15, -0.1) is 0 Å². The summed E-state index contributed by atoms with van der Waals surface area (Å²) in [5, 5.41) is 3.10. The molecule has 0 bridgehead atoms. The molecule has 0 saturated heterocycles. The predicted octanol–water partition coefficient (Wildman–Crippen LogP) is -0.330. The van der Waals surface area contributed by atoms with E-state index in [-0.39, 0.29) is 6.04 Å². The first-order valence-corrected chi connectivity index (χ1v) is 5.22. The Morgan fingerprint density at radius 3 is 2.47 bits per heavy atom. The Hall–Kier alpha value is -1.67. The smallest absolute Gasteiger partial charge is 0.243 e. The number of aromatic nitrogens is 3. The Morgan fingerprint density at radius 2 is 1.94 bits per heavy atom. The average molecular weight is 241 g/mol. The summed E-state index contributed by atoms with van der Waals surface area (Å²) in [6, 6.07) is 0.100. The van der Waals surface area contributed by atoms with Gasteiger partial charge in [0.15, 0.2) is 0 Å². The minimum atomic E-state index is 0.100. The van der Waals surface area contributed by atoms with E-state index < -0.39 is 0 Å². The minimum absolute atomic E-state index is 0.100. The summed E-state index contributed by atoms with van der Waals surface area (Å²) in [4.78, 5) is 14.2. The lowest BCUT2D eigenvalue weighted by Crippen LogP contribution is -2.24. The van der Waals surface area contributed by atoms with Crippen LogP contribution in [0.15, 0.2) is 0 Å². The second-order valence-corrected chi connectivity index (χ2v) is 3.82. The molecule has 1 rings (SSSR count). The first-order valence-electron chi connectivity index (χ1n) is 5.22. The second-order valence-electron chi connectivity index (χ2n) is 3.82. The lowest BCUT2D eigenvalue weighted by Gasteiger charge is -2.16. The molecule has 1 unspecified atom stereocenters. The summed E-state index contributed by atoms with van der Waals surface area (Å²) >= 11 is 0. The normalized spacial score (nSPS) is 12.1. The number of nitrogens with zero attached hydrogens (tertiary/aromatic N) is 4. The summed E-state index contributed by atoms with van der Waals surface area (Å²) in [7, 11) is 5.33. The van der Waals surface area contributed by atoms with E-state index >= 15 is 0 Å². The molecule has 96 valence electrons. The number of nitrogens with one attached hydrogen (secondary N) is 2. The number of hydrogen-bond donors (Lipinski definition) is 3. The highest BCUT2D eigenvalue weighted by molar-refractivity contribution is 5.42. The molecular formula is C9H19N7O. The maximum Gasteiger partial charge on any atom is 0.243 e. The molecule has 17 heavy (non-hydrogen) atoms. The van der Waals surface area contributed by atoms with Gasteiger partial charge in [-0.2, -0.15) is 15.0 Å². The van der Waals surface area contributed by atoms with E-state index in [1.807, 2.05) is 21.0 Å². The quantitative estimate of drug-likeness (QED) is 0.460. The van der Waals surface area contributed by atoms with E-state index in [1.54, 1.807) is 12.0 Å². The van der Waals surface area contributed by atoms with E-state index in [0.29, 0.717) is 24.5 Å². The summed E-state index contributed by atoms with van der Waals surface area (Å²) < 4.78 is 5.03. The lowest BCUT2D eigenvalue weighted by atomic mass is 10.4. The number of ether oxygens (including phenoxy) is 1. The topological polar surface area (TPSA) is 101 Å². The largest absolute Gasteiger partial charge is 0.383 e. The molecular weight excluding hydrogens is 222 g/mol. The molecule has 0 fully saturated rings. The van der Waals surface area contributed by atoms with Crippen LogP contribution in [0, 0.1) is 0 Å². The van der Waals surface area contributed by atoms with Crippen LogP contribution in [0.5, 0.6) is 0 Å². The number of nitrogen functional groups attached to an aromatic ring is 1. The highest BCUT2D eigenvalue weighted by Crippen LogP contribution is 2.11. The van der Waals surface area contributed by atoms with Crippen LogP contribution < -0.4 is 21.5 Å². The molecule has 8 heteroatoms. The van der Waals surface area contributed by atoms with Crippen LogP contribution in [0.4, 0.5) is 17.8 Å². The molecule has 0 aliphatic carbocycles. The molecule has 1 aromatic heterocycles. The van der Waals surface area contributed by atoms with Crippen LogP contribution in [0.2, 0.25) is 0 Å². The molecule has 0 saturated carbocycles. The van der Waals surface area contributed by atoms with Gasteiger partial charge in [-0.25, -0.2) is 5.84 Å². The van der Waals surface area contributed by atoms with Gasteiger partial charge in [-0.1, -0.05) is 0 Å². The van der Waals surface area contributed by atoms with Crippen molar-refractivity contribution in [1.82, 2.24) is 15.0 Å². The fourth-order valence-corrected chi connectivity index (χ4v) is 1.21. The standard InChI is InChI=1S/C9H19N7O/c1-6(5-17-4)11-7-12-8(15-10)14-9(13-7)16(2)3/h6H,5,10H2,1-4H3,(H2,11,12,13,14,15). The Kier molecular flexibility index (Phi) is 4.85. The Bertz CT molecular complexity index is 357. The third-order valence-corrected chi connectivity index (χ3v) is 1.94. The van der Waals surface area contributed by atoms with Crippen molar-refractivity contribution in [2.24, 2.45) is 5.84 Å². The molecule has 1 atom stereocenters. The molecule has 0 aliphatic heterocycles. The zero-order chi connectivity index (χ0) is 12.8. The van der Waals surface area contributed by atoms with Gasteiger partial charge in [0.1, 0.15) is 0 Å². The first kappa shape index (κ1) is 13.4. The molecule has 0 aliphatic rings. The van der Waals surface area contributed by atoms with Crippen LogP contribution in [-0.2, 0) is 4.74 Å². The Labute approximate surface area is 101 Å². The summed E-state index contributed by atoms with van der Waals surface area (Å²) in [6.07, 6.45) is 0. The van der Waals surface area contributed by atoms with E-state index in [4.69, 9.17) is 10.6 Å². The molecule has 0 radical (unpaired) electrons. The third-order valence-electron chi connectivity index (χ3n) is 1.94. The van der Waals surface area contributed by atoms with Crippen LogP contribution in [0.1, 0.15) is 6.92 Å². The van der Waals surface area contributed by atoms with Gasteiger partial charge in [0.25, 0.3) is 0 Å². The maximum atomic E-state index is 5.30. The van der Waals surface area contributed by atoms with Crippen molar-refractivity contribution in [2.45, 2.75) is 13.0 Å². The summed E-state index contributed by atoms with van der Waals surface area (Å²) in [5.74, 6) is 6.61. The first-order chi connectivity index (χ1) is 8.06. The van der Waals surface area contributed by atoms with Gasteiger partial charge in [-0.05, 0) is 6.92 Å². The van der Waals surface area contributed by atoms with E-state index in [1.165, 1.54) is 0 Å². The van der Waals surface area contributed by atoms with Gasteiger partial charge >= 0.3 is 0 Å². The van der Waals surface area contributed by atoms with Crippen LogP contribution in [0.3, 0.4) is 0 Å². The summed E-state index contributed by atoms with van der Waals surface area (Å²) in [5.41, 5.74) is 2.41. The van der Waals surface area contributed by atoms with Crippen molar-refractivity contribution >= 4 is 17.8 Å². The van der Waals surface area contributed by atoms with Gasteiger partial charge in [0.2, 0.25) is 17.8 Å². The molecule has 0 amide bonds. The van der Waals surface area contributed by atoms with E-state index in [9.17, 15) is 0 Å². The summed E-state index contributed by atoms with van der Waals surface area (Å²) in [6.45, 7) is 2.53. The molecule has 1 heterocycles. The monoisotopic (exact) mass is 241 g/mol. The van der Waals surface area contributed by atoms with Crippen molar-refractivity contribution in [3.05, 3.63) is 0 Å². The number of hydrazine groups is 1. The van der Waals surface area contributed by atoms with Crippen molar-refractivity contribution in [1.29, 1.82) is 0 Å². The number of rotatable bonds is 6. The maximum absolute atomic E-state index is 5.30. The van der Waals surface area contributed by atoms with Crippen LogP contribution in [-0.4, -0.2) is 48.8 Å². The molecule has 0 aromatic carbocycles. The number of methoxy groups -OCH3 is 1. The third kappa shape index (κ3) is 4.00. The van der Waals surface area contributed by atoms with Crippen molar-refractivity contribution in [3.8, 4) is 0 Å². The highest BCUT2D eigenvalue weighted by atomic mass is 16.5. The van der Waals surface area contributed by atoms with E-state index in [2.05, 4.69) is 25.7 Å². The Balaban J connectivity index is 2.87. The molecule has 1 aromatic rings.